The van der Waals surface area contributed by atoms with Crippen molar-refractivity contribution in [2.75, 3.05) is 0 Å². The lowest BCUT2D eigenvalue weighted by atomic mass is 9.87. The summed E-state index contributed by atoms with van der Waals surface area (Å²) in [6.45, 7) is 0. The Labute approximate surface area is 146 Å². The highest BCUT2D eigenvalue weighted by atomic mass is 16.2. The Morgan fingerprint density at radius 3 is 2.64 bits per heavy atom. The molecule has 1 aliphatic heterocycles. The van der Waals surface area contributed by atoms with Crippen molar-refractivity contribution in [3.05, 3.63) is 54.4 Å². The Morgan fingerprint density at radius 2 is 1.80 bits per heavy atom. The SMILES string of the molecule is O=C1NC2CCC(NC(=O)c3ccccc3-c3ccncc3)CC2N1. The van der Waals surface area contributed by atoms with Gasteiger partial charge in [0.1, 0.15) is 0 Å². The van der Waals surface area contributed by atoms with E-state index in [1.807, 2.05) is 36.4 Å². The number of urea groups is 1. The number of aromatic nitrogens is 1. The second kappa shape index (κ2) is 6.55. The van der Waals surface area contributed by atoms with Gasteiger partial charge in [-0.2, -0.15) is 0 Å². The number of benzene rings is 1. The maximum atomic E-state index is 12.8. The van der Waals surface area contributed by atoms with Gasteiger partial charge in [0.2, 0.25) is 0 Å². The van der Waals surface area contributed by atoms with Crippen molar-refractivity contribution in [1.29, 1.82) is 0 Å². The van der Waals surface area contributed by atoms with Crippen molar-refractivity contribution in [2.24, 2.45) is 0 Å². The average molecular weight is 336 g/mol. The number of amides is 3. The minimum Gasteiger partial charge on any atom is -0.349 e. The molecule has 2 fully saturated rings. The summed E-state index contributed by atoms with van der Waals surface area (Å²) in [4.78, 5) is 28.3. The molecular formula is C19H20N4O2. The molecule has 2 aliphatic rings. The van der Waals surface area contributed by atoms with Crippen molar-refractivity contribution in [3.63, 3.8) is 0 Å². The molecule has 1 aromatic carbocycles. The smallest absolute Gasteiger partial charge is 0.315 e. The molecule has 25 heavy (non-hydrogen) atoms. The molecule has 6 heteroatoms. The third-order valence-corrected chi connectivity index (χ3v) is 4.98. The fraction of sp³-hybridized carbons (Fsp3) is 0.316. The Morgan fingerprint density at radius 1 is 1.04 bits per heavy atom. The van der Waals surface area contributed by atoms with Crippen molar-refractivity contribution >= 4 is 11.9 Å². The Balaban J connectivity index is 1.50. The maximum absolute atomic E-state index is 12.8. The lowest BCUT2D eigenvalue weighted by Crippen LogP contribution is -2.47. The van der Waals surface area contributed by atoms with Crippen molar-refractivity contribution in [1.82, 2.24) is 20.9 Å². The summed E-state index contributed by atoms with van der Waals surface area (Å²) in [7, 11) is 0. The second-order valence-corrected chi connectivity index (χ2v) is 6.60. The summed E-state index contributed by atoms with van der Waals surface area (Å²) in [5.74, 6) is -0.0758. The Hall–Kier alpha value is -2.89. The van der Waals surface area contributed by atoms with E-state index in [4.69, 9.17) is 0 Å². The number of hydrogen-bond donors (Lipinski definition) is 3. The average Bonchev–Trinajstić information content (AvgIpc) is 3.02. The summed E-state index contributed by atoms with van der Waals surface area (Å²) in [5.41, 5.74) is 2.52. The van der Waals surface area contributed by atoms with E-state index in [2.05, 4.69) is 20.9 Å². The molecule has 6 nitrogen and oxygen atoms in total. The van der Waals surface area contributed by atoms with Crippen LogP contribution in [0.15, 0.2) is 48.8 Å². The monoisotopic (exact) mass is 336 g/mol. The molecule has 1 saturated heterocycles. The summed E-state index contributed by atoms with van der Waals surface area (Å²) in [6, 6.07) is 11.6. The molecule has 1 aromatic heterocycles. The zero-order valence-electron chi connectivity index (χ0n) is 13.7. The highest BCUT2D eigenvalue weighted by Crippen LogP contribution is 2.25. The van der Waals surface area contributed by atoms with Crippen molar-refractivity contribution in [3.8, 4) is 11.1 Å². The van der Waals surface area contributed by atoms with Gasteiger partial charge in [-0.15, -0.1) is 0 Å². The van der Waals surface area contributed by atoms with Crippen LogP contribution in [0.3, 0.4) is 0 Å². The van der Waals surface area contributed by atoms with Gasteiger partial charge in [0.25, 0.3) is 5.91 Å². The van der Waals surface area contributed by atoms with Crippen LogP contribution in [-0.2, 0) is 0 Å². The number of pyridine rings is 1. The van der Waals surface area contributed by atoms with Crippen LogP contribution in [0.5, 0.6) is 0 Å². The first-order valence-electron chi connectivity index (χ1n) is 8.58. The van der Waals surface area contributed by atoms with Gasteiger partial charge >= 0.3 is 6.03 Å². The number of rotatable bonds is 3. The van der Waals surface area contributed by atoms with Crippen LogP contribution < -0.4 is 16.0 Å². The first kappa shape index (κ1) is 15.6. The number of carbonyl (C=O) groups is 2. The molecule has 3 atom stereocenters. The number of nitrogens with zero attached hydrogens (tertiary/aromatic N) is 1. The van der Waals surface area contributed by atoms with Crippen LogP contribution in [-0.4, -0.2) is 35.0 Å². The third kappa shape index (κ3) is 3.20. The topological polar surface area (TPSA) is 83.1 Å². The van der Waals surface area contributed by atoms with Gasteiger partial charge in [-0.1, -0.05) is 18.2 Å². The van der Waals surface area contributed by atoms with E-state index in [1.54, 1.807) is 12.4 Å². The van der Waals surface area contributed by atoms with Crippen LogP contribution in [0.1, 0.15) is 29.6 Å². The largest absolute Gasteiger partial charge is 0.349 e. The Bertz CT molecular complexity index is 793. The molecule has 4 rings (SSSR count). The van der Waals surface area contributed by atoms with Crippen LogP contribution in [0.4, 0.5) is 4.79 Å². The second-order valence-electron chi connectivity index (χ2n) is 6.60. The van der Waals surface area contributed by atoms with E-state index < -0.39 is 0 Å². The zero-order valence-corrected chi connectivity index (χ0v) is 13.7. The van der Waals surface area contributed by atoms with Crippen LogP contribution in [0.2, 0.25) is 0 Å². The van der Waals surface area contributed by atoms with E-state index >= 15 is 0 Å². The third-order valence-electron chi connectivity index (χ3n) is 4.98. The standard InChI is InChI=1S/C19H20N4O2/c24-18(21-13-5-6-16-17(11-13)23-19(25)22-16)15-4-2-1-3-14(15)12-7-9-20-10-8-12/h1-4,7-10,13,16-17H,5-6,11H2,(H,21,24)(H2,22,23,25). The fourth-order valence-electron chi connectivity index (χ4n) is 3.74. The van der Waals surface area contributed by atoms with Gasteiger partial charge in [0, 0.05) is 24.0 Å². The predicted octanol–water partition coefficient (Wildman–Crippen LogP) is 2.08. The van der Waals surface area contributed by atoms with E-state index in [0.29, 0.717) is 5.56 Å². The van der Waals surface area contributed by atoms with Gasteiger partial charge in [-0.05, 0) is 48.6 Å². The summed E-state index contributed by atoms with van der Waals surface area (Å²) in [6.07, 6.45) is 5.95. The molecule has 128 valence electrons. The lowest BCUT2D eigenvalue weighted by Gasteiger charge is -2.31. The van der Waals surface area contributed by atoms with E-state index in [-0.39, 0.29) is 30.1 Å². The summed E-state index contributed by atoms with van der Waals surface area (Å²) in [5, 5.41) is 8.99. The molecule has 2 heterocycles. The maximum Gasteiger partial charge on any atom is 0.315 e. The Kier molecular flexibility index (Phi) is 4.09. The minimum absolute atomic E-state index is 0.0689. The highest BCUT2D eigenvalue weighted by molar-refractivity contribution is 6.01. The molecule has 3 amide bonds. The molecule has 3 unspecified atom stereocenters. The number of nitrogens with one attached hydrogen (secondary N) is 3. The van der Waals surface area contributed by atoms with Gasteiger partial charge < -0.3 is 16.0 Å². The van der Waals surface area contributed by atoms with Crippen molar-refractivity contribution in [2.45, 2.75) is 37.4 Å². The van der Waals surface area contributed by atoms with E-state index in [1.165, 1.54) is 0 Å². The van der Waals surface area contributed by atoms with Gasteiger partial charge in [0.15, 0.2) is 0 Å². The molecule has 2 aromatic rings. The lowest BCUT2D eigenvalue weighted by molar-refractivity contribution is 0.0923. The normalized spacial score (nSPS) is 24.8. The summed E-state index contributed by atoms with van der Waals surface area (Å²) < 4.78 is 0. The highest BCUT2D eigenvalue weighted by Gasteiger charge is 2.37. The first-order valence-corrected chi connectivity index (χ1v) is 8.58. The number of carbonyl (C=O) groups excluding carboxylic acids is 2. The molecule has 3 N–H and O–H groups in total. The molecule has 0 spiro atoms. The number of fused-ring (bicyclic) bond motifs is 1. The molecule has 0 bridgehead atoms. The van der Waals surface area contributed by atoms with Gasteiger partial charge in [-0.3, -0.25) is 9.78 Å². The van der Waals surface area contributed by atoms with E-state index in [0.717, 1.165) is 30.4 Å². The number of hydrogen-bond acceptors (Lipinski definition) is 3. The zero-order chi connectivity index (χ0) is 17.2. The molecular weight excluding hydrogens is 316 g/mol. The van der Waals surface area contributed by atoms with Gasteiger partial charge in [0.05, 0.1) is 12.1 Å². The molecule has 1 saturated carbocycles. The minimum atomic E-state index is -0.106. The van der Waals surface area contributed by atoms with Crippen LogP contribution >= 0.6 is 0 Å². The quantitative estimate of drug-likeness (QED) is 0.802. The predicted molar refractivity (Wildman–Crippen MR) is 94.0 cm³/mol. The molecule has 1 aliphatic carbocycles. The van der Waals surface area contributed by atoms with Crippen LogP contribution in [0.25, 0.3) is 11.1 Å². The van der Waals surface area contributed by atoms with Gasteiger partial charge in [-0.25, -0.2) is 4.79 Å². The van der Waals surface area contributed by atoms with Crippen LogP contribution in [0, 0.1) is 0 Å². The van der Waals surface area contributed by atoms with Crippen molar-refractivity contribution < 1.29 is 9.59 Å². The first-order chi connectivity index (χ1) is 12.2. The fourth-order valence-corrected chi connectivity index (χ4v) is 3.74. The molecule has 0 radical (unpaired) electrons. The summed E-state index contributed by atoms with van der Waals surface area (Å²) >= 11 is 0. The van der Waals surface area contributed by atoms with E-state index in [9.17, 15) is 9.59 Å².